The number of halogens is 1. The summed E-state index contributed by atoms with van der Waals surface area (Å²) in [5.41, 5.74) is 0.234. The highest BCUT2D eigenvalue weighted by molar-refractivity contribution is 9.09. The number of rotatable bonds is 4. The number of carbonyl (C=O) groups is 1. The van der Waals surface area contributed by atoms with Gasteiger partial charge >= 0.3 is 5.97 Å². The van der Waals surface area contributed by atoms with Crippen LogP contribution in [0.4, 0.5) is 0 Å². The topological polar surface area (TPSA) is 52.3 Å². The van der Waals surface area contributed by atoms with Crippen molar-refractivity contribution in [3.63, 3.8) is 0 Å². The molecule has 1 heterocycles. The average Bonchev–Trinajstić information content (AvgIpc) is 2.54. The molecule has 0 saturated carbocycles. The van der Waals surface area contributed by atoms with Crippen molar-refractivity contribution in [2.45, 2.75) is 13.3 Å². The van der Waals surface area contributed by atoms with Crippen LogP contribution in [0, 0.1) is 0 Å². The van der Waals surface area contributed by atoms with Gasteiger partial charge in [-0.25, -0.2) is 9.78 Å². The first kappa shape index (κ1) is 10.2. The molecule has 5 heteroatoms. The maximum atomic E-state index is 11.1. The molecule has 4 nitrogen and oxygen atoms in total. The summed E-state index contributed by atoms with van der Waals surface area (Å²) in [5, 5.41) is 0.760. The van der Waals surface area contributed by atoms with Crippen molar-refractivity contribution >= 4 is 21.9 Å². The predicted octanol–water partition coefficient (Wildman–Crippen LogP) is 1.79. The number of ether oxygens (including phenoxy) is 1. The molecule has 0 aliphatic carbocycles. The molecule has 0 unspecified atom stereocenters. The summed E-state index contributed by atoms with van der Waals surface area (Å²) in [6.07, 6.45) is 1.98. The van der Waals surface area contributed by atoms with E-state index in [2.05, 4.69) is 20.9 Å². The first-order chi connectivity index (χ1) is 6.27. The van der Waals surface area contributed by atoms with E-state index in [9.17, 15) is 4.79 Å². The molecule has 1 rings (SSSR count). The fourth-order valence-corrected chi connectivity index (χ4v) is 1.14. The first-order valence-electron chi connectivity index (χ1n) is 3.95. The summed E-state index contributed by atoms with van der Waals surface area (Å²) >= 11 is 3.25. The van der Waals surface area contributed by atoms with Crippen molar-refractivity contribution < 1.29 is 13.9 Å². The standard InChI is InChI=1S/C8H10BrNO3/c1-2-12-8(11)6-5-13-7(10-6)3-4-9/h5H,2-4H2,1H3. The van der Waals surface area contributed by atoms with Crippen molar-refractivity contribution in [1.29, 1.82) is 0 Å². The van der Waals surface area contributed by atoms with Crippen LogP contribution in [0.3, 0.4) is 0 Å². The number of hydrogen-bond acceptors (Lipinski definition) is 4. The van der Waals surface area contributed by atoms with Crippen LogP contribution in [-0.4, -0.2) is 22.9 Å². The fourth-order valence-electron chi connectivity index (χ4n) is 0.805. The molecule has 1 aromatic heterocycles. The number of aryl methyl sites for hydroxylation is 1. The second kappa shape index (κ2) is 5.01. The molecule has 0 fully saturated rings. The Bertz CT molecular complexity index is 285. The molecule has 13 heavy (non-hydrogen) atoms. The van der Waals surface area contributed by atoms with E-state index in [4.69, 9.17) is 9.15 Å². The summed E-state index contributed by atoms with van der Waals surface area (Å²) in [6, 6.07) is 0. The van der Waals surface area contributed by atoms with Crippen molar-refractivity contribution in [3.05, 3.63) is 17.8 Å². The molecule has 0 bridgehead atoms. The van der Waals surface area contributed by atoms with Gasteiger partial charge in [-0.1, -0.05) is 15.9 Å². The highest BCUT2D eigenvalue weighted by atomic mass is 79.9. The lowest BCUT2D eigenvalue weighted by Crippen LogP contribution is -2.05. The minimum Gasteiger partial charge on any atom is -0.461 e. The molecule has 0 aliphatic heterocycles. The van der Waals surface area contributed by atoms with Crippen LogP contribution >= 0.6 is 15.9 Å². The molecule has 0 saturated heterocycles. The minimum atomic E-state index is -0.438. The molecular weight excluding hydrogens is 238 g/mol. The van der Waals surface area contributed by atoms with Gasteiger partial charge in [-0.2, -0.15) is 0 Å². The van der Waals surface area contributed by atoms with E-state index < -0.39 is 5.97 Å². The quantitative estimate of drug-likeness (QED) is 0.602. The Morgan fingerprint density at radius 1 is 1.77 bits per heavy atom. The summed E-state index contributed by atoms with van der Waals surface area (Å²) in [4.78, 5) is 15.1. The summed E-state index contributed by atoms with van der Waals surface area (Å²) in [7, 11) is 0. The normalized spacial score (nSPS) is 10.0. The number of alkyl halides is 1. The van der Waals surface area contributed by atoms with E-state index in [1.165, 1.54) is 6.26 Å². The van der Waals surface area contributed by atoms with Crippen molar-refractivity contribution in [3.8, 4) is 0 Å². The van der Waals surface area contributed by atoms with Crippen molar-refractivity contribution in [2.75, 3.05) is 11.9 Å². The third-order valence-corrected chi connectivity index (χ3v) is 1.74. The number of oxazole rings is 1. The lowest BCUT2D eigenvalue weighted by molar-refractivity contribution is 0.0519. The lowest BCUT2D eigenvalue weighted by Gasteiger charge is -1.94. The third kappa shape index (κ3) is 2.84. The number of hydrogen-bond donors (Lipinski definition) is 0. The minimum absolute atomic E-state index is 0.234. The van der Waals surface area contributed by atoms with Crippen LogP contribution in [0.25, 0.3) is 0 Å². The highest BCUT2D eigenvalue weighted by Gasteiger charge is 2.12. The maximum absolute atomic E-state index is 11.1. The molecule has 1 aromatic rings. The molecule has 0 aliphatic rings. The molecule has 72 valence electrons. The second-order valence-electron chi connectivity index (χ2n) is 2.29. The smallest absolute Gasteiger partial charge is 0.360 e. The first-order valence-corrected chi connectivity index (χ1v) is 5.07. The van der Waals surface area contributed by atoms with Crippen LogP contribution < -0.4 is 0 Å². The van der Waals surface area contributed by atoms with Crippen LogP contribution in [0.2, 0.25) is 0 Å². The Kier molecular flexibility index (Phi) is 3.95. The van der Waals surface area contributed by atoms with Gasteiger partial charge in [0.05, 0.1) is 6.61 Å². The Morgan fingerprint density at radius 3 is 3.15 bits per heavy atom. The monoisotopic (exact) mass is 247 g/mol. The van der Waals surface area contributed by atoms with Gasteiger partial charge in [0.25, 0.3) is 0 Å². The SMILES string of the molecule is CCOC(=O)c1coc(CCBr)n1. The van der Waals surface area contributed by atoms with Gasteiger partial charge < -0.3 is 9.15 Å². The predicted molar refractivity (Wildman–Crippen MR) is 50.0 cm³/mol. The molecular formula is C8H10BrNO3. The number of nitrogens with zero attached hydrogens (tertiary/aromatic N) is 1. The maximum Gasteiger partial charge on any atom is 0.360 e. The van der Waals surface area contributed by atoms with Gasteiger partial charge in [0.1, 0.15) is 6.26 Å². The van der Waals surface area contributed by atoms with E-state index in [1.807, 2.05) is 0 Å². The van der Waals surface area contributed by atoms with Gasteiger partial charge in [-0.15, -0.1) is 0 Å². The molecule has 0 amide bonds. The second-order valence-corrected chi connectivity index (χ2v) is 3.08. The molecule has 0 radical (unpaired) electrons. The summed E-state index contributed by atoms with van der Waals surface area (Å²) in [6.45, 7) is 2.09. The van der Waals surface area contributed by atoms with Gasteiger partial charge in [-0.3, -0.25) is 0 Å². The van der Waals surface area contributed by atoms with E-state index in [0.717, 1.165) is 5.33 Å². The Hall–Kier alpha value is -0.840. The van der Waals surface area contributed by atoms with E-state index >= 15 is 0 Å². The van der Waals surface area contributed by atoms with E-state index in [-0.39, 0.29) is 5.69 Å². The van der Waals surface area contributed by atoms with Gasteiger partial charge in [0.2, 0.25) is 0 Å². The zero-order valence-electron chi connectivity index (χ0n) is 7.25. The summed E-state index contributed by atoms with van der Waals surface area (Å²) < 4.78 is 9.78. The Balaban J connectivity index is 2.62. The van der Waals surface area contributed by atoms with E-state index in [0.29, 0.717) is 18.9 Å². The van der Waals surface area contributed by atoms with Gasteiger partial charge in [0.15, 0.2) is 11.6 Å². The Labute approximate surface area is 84.4 Å². The number of esters is 1. The van der Waals surface area contributed by atoms with Crippen LogP contribution in [0.5, 0.6) is 0 Å². The van der Waals surface area contributed by atoms with E-state index in [1.54, 1.807) is 6.92 Å². The van der Waals surface area contributed by atoms with Crippen LogP contribution in [-0.2, 0) is 11.2 Å². The highest BCUT2D eigenvalue weighted by Crippen LogP contribution is 2.05. The van der Waals surface area contributed by atoms with Crippen molar-refractivity contribution in [2.24, 2.45) is 0 Å². The number of aromatic nitrogens is 1. The largest absolute Gasteiger partial charge is 0.461 e. The third-order valence-electron chi connectivity index (χ3n) is 1.34. The zero-order chi connectivity index (χ0) is 9.68. The van der Waals surface area contributed by atoms with Crippen LogP contribution in [0.1, 0.15) is 23.3 Å². The number of carbonyl (C=O) groups excluding carboxylic acids is 1. The molecule has 0 spiro atoms. The molecule has 0 N–H and O–H groups in total. The van der Waals surface area contributed by atoms with Gasteiger partial charge in [-0.05, 0) is 6.92 Å². The average molecular weight is 248 g/mol. The van der Waals surface area contributed by atoms with Gasteiger partial charge in [0, 0.05) is 11.8 Å². The molecule has 0 aromatic carbocycles. The summed E-state index contributed by atoms with van der Waals surface area (Å²) in [5.74, 6) is 0.104. The fraction of sp³-hybridized carbons (Fsp3) is 0.500. The molecule has 0 atom stereocenters. The lowest BCUT2D eigenvalue weighted by atomic mass is 10.5. The van der Waals surface area contributed by atoms with Crippen molar-refractivity contribution in [1.82, 2.24) is 4.98 Å². The van der Waals surface area contributed by atoms with Crippen LogP contribution in [0.15, 0.2) is 10.7 Å². The zero-order valence-corrected chi connectivity index (χ0v) is 8.83. The Morgan fingerprint density at radius 2 is 2.54 bits per heavy atom.